The second-order valence-electron chi connectivity index (χ2n) is 7.37. The standard InChI is InChI=1S/C17H30N2O3/c1-17(2,3)15(19-9-11-21-12-10-19)18-16(20)22-13-14-7-5-4-6-8-14/h14H,4-13H2,1-3H3/b18-15-. The van der Waals surface area contributed by atoms with Crippen LogP contribution in [0.15, 0.2) is 4.99 Å². The van der Waals surface area contributed by atoms with Crippen molar-refractivity contribution in [1.29, 1.82) is 0 Å². The van der Waals surface area contributed by atoms with Crippen LogP contribution in [-0.2, 0) is 9.47 Å². The van der Waals surface area contributed by atoms with Crippen molar-refractivity contribution in [3.63, 3.8) is 0 Å². The van der Waals surface area contributed by atoms with Gasteiger partial charge in [0.25, 0.3) is 0 Å². The summed E-state index contributed by atoms with van der Waals surface area (Å²) in [5, 5.41) is 0. The van der Waals surface area contributed by atoms with Crippen LogP contribution >= 0.6 is 0 Å². The molecule has 22 heavy (non-hydrogen) atoms. The molecule has 2 fully saturated rings. The molecule has 0 aromatic carbocycles. The van der Waals surface area contributed by atoms with E-state index in [0.29, 0.717) is 25.7 Å². The lowest BCUT2D eigenvalue weighted by molar-refractivity contribution is 0.0640. The molecule has 2 rings (SSSR count). The van der Waals surface area contributed by atoms with E-state index in [2.05, 4.69) is 30.7 Å². The quantitative estimate of drug-likeness (QED) is 0.579. The monoisotopic (exact) mass is 310 g/mol. The third-order valence-electron chi connectivity index (χ3n) is 4.35. The third-order valence-corrected chi connectivity index (χ3v) is 4.35. The van der Waals surface area contributed by atoms with Crippen LogP contribution in [0.4, 0.5) is 4.79 Å². The highest BCUT2D eigenvalue weighted by molar-refractivity contribution is 5.95. The maximum atomic E-state index is 12.1. The summed E-state index contributed by atoms with van der Waals surface area (Å²) in [6.07, 6.45) is 5.73. The van der Waals surface area contributed by atoms with E-state index in [1.165, 1.54) is 32.1 Å². The highest BCUT2D eigenvalue weighted by Gasteiger charge is 2.28. The zero-order valence-corrected chi connectivity index (χ0v) is 14.3. The first kappa shape index (κ1) is 17.3. The molecular formula is C17H30N2O3. The minimum Gasteiger partial charge on any atom is -0.448 e. The Balaban J connectivity index is 1.93. The van der Waals surface area contributed by atoms with Crippen LogP contribution in [0.3, 0.4) is 0 Å². The summed E-state index contributed by atoms with van der Waals surface area (Å²) < 4.78 is 10.8. The Morgan fingerprint density at radius 1 is 1.18 bits per heavy atom. The van der Waals surface area contributed by atoms with Gasteiger partial charge in [-0.3, -0.25) is 0 Å². The van der Waals surface area contributed by atoms with Gasteiger partial charge < -0.3 is 14.4 Å². The van der Waals surface area contributed by atoms with Crippen molar-refractivity contribution in [3.05, 3.63) is 0 Å². The second kappa shape index (κ2) is 7.95. The fourth-order valence-corrected chi connectivity index (χ4v) is 3.15. The lowest BCUT2D eigenvalue weighted by Crippen LogP contribution is -2.46. The molecule has 1 amide bonds. The Morgan fingerprint density at radius 2 is 1.82 bits per heavy atom. The van der Waals surface area contributed by atoms with Crippen LogP contribution < -0.4 is 0 Å². The molecule has 5 heteroatoms. The van der Waals surface area contributed by atoms with Crippen LogP contribution in [0.1, 0.15) is 52.9 Å². The van der Waals surface area contributed by atoms with Crippen molar-refractivity contribution < 1.29 is 14.3 Å². The van der Waals surface area contributed by atoms with E-state index in [4.69, 9.17) is 9.47 Å². The molecule has 0 atom stereocenters. The first-order chi connectivity index (χ1) is 10.5. The van der Waals surface area contributed by atoms with Gasteiger partial charge >= 0.3 is 6.09 Å². The minimum atomic E-state index is -0.443. The van der Waals surface area contributed by atoms with E-state index in [1.54, 1.807) is 0 Å². The van der Waals surface area contributed by atoms with Gasteiger partial charge in [-0.15, -0.1) is 0 Å². The molecule has 0 unspecified atom stereocenters. The Hall–Kier alpha value is -1.10. The molecule has 2 aliphatic rings. The summed E-state index contributed by atoms with van der Waals surface area (Å²) in [6.45, 7) is 9.69. The number of amidine groups is 1. The fourth-order valence-electron chi connectivity index (χ4n) is 3.15. The molecule has 0 radical (unpaired) electrons. The summed E-state index contributed by atoms with van der Waals surface area (Å²) in [5.74, 6) is 1.33. The fraction of sp³-hybridized carbons (Fsp3) is 0.882. The van der Waals surface area contributed by atoms with E-state index in [9.17, 15) is 4.79 Å². The summed E-state index contributed by atoms with van der Waals surface area (Å²) in [4.78, 5) is 18.5. The number of hydrogen-bond acceptors (Lipinski definition) is 3. The van der Waals surface area contributed by atoms with Gasteiger partial charge in [0.2, 0.25) is 0 Å². The van der Waals surface area contributed by atoms with Gasteiger partial charge in [-0.25, -0.2) is 4.79 Å². The summed E-state index contributed by atoms with van der Waals surface area (Å²) in [5.41, 5.74) is -0.179. The van der Waals surface area contributed by atoms with Gasteiger partial charge in [0.05, 0.1) is 19.8 Å². The van der Waals surface area contributed by atoms with E-state index in [1.807, 2.05) is 0 Å². The Morgan fingerprint density at radius 3 is 2.41 bits per heavy atom. The first-order valence-electron chi connectivity index (χ1n) is 8.55. The Labute approximate surface area is 134 Å². The molecule has 1 aliphatic carbocycles. The molecule has 0 aromatic heterocycles. The minimum absolute atomic E-state index is 0.179. The summed E-state index contributed by atoms with van der Waals surface area (Å²) >= 11 is 0. The first-order valence-corrected chi connectivity index (χ1v) is 8.55. The van der Waals surface area contributed by atoms with Crippen LogP contribution in [0.2, 0.25) is 0 Å². The predicted octanol–water partition coefficient (Wildman–Crippen LogP) is 3.48. The molecule has 1 heterocycles. The molecule has 1 saturated heterocycles. The average molecular weight is 310 g/mol. The number of carbonyl (C=O) groups is 1. The lowest BCUT2D eigenvalue weighted by Gasteiger charge is -2.35. The summed E-state index contributed by atoms with van der Waals surface area (Å²) in [7, 11) is 0. The highest BCUT2D eigenvalue weighted by atomic mass is 16.5. The summed E-state index contributed by atoms with van der Waals surface area (Å²) in [6, 6.07) is 0. The molecule has 1 aliphatic heterocycles. The van der Waals surface area contributed by atoms with Crippen LogP contribution in [0, 0.1) is 11.3 Å². The number of nitrogens with zero attached hydrogens (tertiary/aromatic N) is 2. The van der Waals surface area contributed by atoms with Crippen molar-refractivity contribution in [3.8, 4) is 0 Å². The van der Waals surface area contributed by atoms with E-state index in [-0.39, 0.29) is 5.41 Å². The van der Waals surface area contributed by atoms with E-state index >= 15 is 0 Å². The number of hydrogen-bond donors (Lipinski definition) is 0. The molecule has 1 saturated carbocycles. The van der Waals surface area contributed by atoms with Gasteiger partial charge in [-0.2, -0.15) is 4.99 Å². The van der Waals surface area contributed by atoms with Crippen LogP contribution in [0.5, 0.6) is 0 Å². The predicted molar refractivity (Wildman–Crippen MR) is 87.2 cm³/mol. The normalized spacial score (nSPS) is 21.8. The maximum absolute atomic E-state index is 12.1. The molecular weight excluding hydrogens is 280 g/mol. The zero-order valence-electron chi connectivity index (χ0n) is 14.3. The average Bonchev–Trinajstić information content (AvgIpc) is 2.51. The molecule has 0 aromatic rings. The van der Waals surface area contributed by atoms with E-state index < -0.39 is 6.09 Å². The number of carbonyl (C=O) groups excluding carboxylic acids is 1. The molecule has 0 N–H and O–H groups in total. The van der Waals surface area contributed by atoms with Gasteiger partial charge in [-0.05, 0) is 18.8 Å². The largest absolute Gasteiger partial charge is 0.448 e. The second-order valence-corrected chi connectivity index (χ2v) is 7.37. The van der Waals surface area contributed by atoms with Crippen LogP contribution in [0.25, 0.3) is 0 Å². The third kappa shape index (κ3) is 5.27. The molecule has 5 nitrogen and oxygen atoms in total. The number of ether oxygens (including phenoxy) is 2. The van der Waals surface area contributed by atoms with E-state index in [0.717, 1.165) is 18.9 Å². The van der Waals surface area contributed by atoms with Gasteiger partial charge in [-0.1, -0.05) is 40.0 Å². The van der Waals surface area contributed by atoms with Crippen molar-refractivity contribution in [1.82, 2.24) is 4.90 Å². The molecule has 0 bridgehead atoms. The van der Waals surface area contributed by atoms with Gasteiger partial charge in [0.15, 0.2) is 0 Å². The van der Waals surface area contributed by atoms with Crippen LogP contribution in [-0.4, -0.2) is 49.7 Å². The number of morpholine rings is 1. The Bertz CT molecular complexity index is 389. The highest BCUT2D eigenvalue weighted by Crippen LogP contribution is 2.24. The SMILES string of the molecule is CC(C)(C)/C(=N/C(=O)OCC1CCCCC1)N1CCOCC1. The van der Waals surface area contributed by atoms with Gasteiger partial charge in [0.1, 0.15) is 5.84 Å². The van der Waals surface area contributed by atoms with Crippen molar-refractivity contribution in [2.75, 3.05) is 32.9 Å². The topological polar surface area (TPSA) is 51.1 Å². The zero-order chi connectivity index (χ0) is 16.0. The lowest BCUT2D eigenvalue weighted by atomic mass is 9.90. The Kier molecular flexibility index (Phi) is 6.24. The smallest absolute Gasteiger partial charge is 0.435 e. The number of amides is 1. The number of rotatable bonds is 2. The van der Waals surface area contributed by atoms with Gasteiger partial charge in [0, 0.05) is 18.5 Å². The number of aliphatic imine (C=N–C) groups is 1. The van der Waals surface area contributed by atoms with Crippen molar-refractivity contribution >= 4 is 11.9 Å². The maximum Gasteiger partial charge on any atom is 0.435 e. The van der Waals surface area contributed by atoms with Crippen molar-refractivity contribution in [2.24, 2.45) is 16.3 Å². The van der Waals surface area contributed by atoms with Crippen molar-refractivity contribution in [2.45, 2.75) is 52.9 Å². The molecule has 0 spiro atoms. The molecule has 126 valence electrons.